The van der Waals surface area contributed by atoms with Crippen molar-refractivity contribution in [2.75, 3.05) is 0 Å². The summed E-state index contributed by atoms with van der Waals surface area (Å²) in [7, 11) is -2.75. The van der Waals surface area contributed by atoms with Crippen LogP contribution in [-0.2, 0) is 15.5 Å². The third-order valence-corrected chi connectivity index (χ3v) is 2.80. The lowest BCUT2D eigenvalue weighted by Crippen LogP contribution is -2.07. The number of carboxylic acid groups (broad SMARTS) is 1. The average molecular weight is 214 g/mol. The minimum atomic E-state index is -2.75. The molecule has 0 aliphatic rings. The van der Waals surface area contributed by atoms with E-state index in [0.717, 1.165) is 0 Å². The van der Waals surface area contributed by atoms with Crippen LogP contribution in [0.1, 0.15) is 17.2 Å². The zero-order valence-electron chi connectivity index (χ0n) is 7.29. The molecule has 0 spiro atoms. The molecule has 0 aliphatic carbocycles. The van der Waals surface area contributed by atoms with E-state index in [1.165, 1.54) is 0 Å². The van der Waals surface area contributed by atoms with E-state index in [4.69, 9.17) is 5.11 Å². The molecule has 14 heavy (non-hydrogen) atoms. The molecule has 0 bridgehead atoms. The molecule has 4 nitrogen and oxygen atoms in total. The molecule has 1 unspecified atom stereocenters. The fourth-order valence-corrected chi connectivity index (χ4v) is 1.88. The highest BCUT2D eigenvalue weighted by Gasteiger charge is 2.17. The van der Waals surface area contributed by atoms with E-state index in [1.54, 1.807) is 30.3 Å². The molecule has 0 fully saturated rings. The van der Waals surface area contributed by atoms with Crippen LogP contribution in [0.2, 0.25) is 0 Å². The van der Waals surface area contributed by atoms with Crippen molar-refractivity contribution in [2.45, 2.75) is 11.7 Å². The molecule has 1 N–H and O–H groups in total. The standard InChI is InChI=1S/C9H10O4S/c10-9(11)6-8(14(12)13)7-4-2-1-3-5-7/h1-5,8,14H,6H2,(H,10,11). The van der Waals surface area contributed by atoms with E-state index in [9.17, 15) is 13.2 Å². The lowest BCUT2D eigenvalue weighted by atomic mass is 10.1. The van der Waals surface area contributed by atoms with Gasteiger partial charge in [0.05, 0.1) is 11.7 Å². The Bertz CT molecular complexity index is 375. The van der Waals surface area contributed by atoms with E-state index in [-0.39, 0.29) is 6.42 Å². The van der Waals surface area contributed by atoms with Gasteiger partial charge >= 0.3 is 5.97 Å². The fraction of sp³-hybridized carbons (Fsp3) is 0.222. The summed E-state index contributed by atoms with van der Waals surface area (Å²) < 4.78 is 21.6. The smallest absolute Gasteiger partial charge is 0.305 e. The first-order valence-electron chi connectivity index (χ1n) is 4.01. The van der Waals surface area contributed by atoms with Crippen molar-refractivity contribution in [3.8, 4) is 0 Å². The maximum atomic E-state index is 10.8. The highest BCUT2D eigenvalue weighted by atomic mass is 32.2. The molecule has 1 aromatic rings. The van der Waals surface area contributed by atoms with Crippen LogP contribution in [0.15, 0.2) is 30.3 Å². The van der Waals surface area contributed by atoms with E-state index >= 15 is 0 Å². The molecule has 5 heteroatoms. The molecule has 1 rings (SSSR count). The van der Waals surface area contributed by atoms with Gasteiger partial charge in [-0.15, -0.1) is 0 Å². The molecule has 0 aromatic heterocycles. The quantitative estimate of drug-likeness (QED) is 0.728. The van der Waals surface area contributed by atoms with Crippen LogP contribution < -0.4 is 0 Å². The van der Waals surface area contributed by atoms with Crippen molar-refractivity contribution in [1.29, 1.82) is 0 Å². The minimum Gasteiger partial charge on any atom is -0.481 e. The zero-order valence-corrected chi connectivity index (χ0v) is 8.18. The Hall–Kier alpha value is -1.36. The van der Waals surface area contributed by atoms with Gasteiger partial charge in [0.15, 0.2) is 0 Å². The molecule has 0 amide bonds. The summed E-state index contributed by atoms with van der Waals surface area (Å²) in [6.45, 7) is 0. The Kier molecular flexibility index (Phi) is 3.64. The lowest BCUT2D eigenvalue weighted by molar-refractivity contribution is -0.137. The number of aliphatic carboxylic acids is 1. The first kappa shape index (κ1) is 10.7. The fourth-order valence-electron chi connectivity index (χ4n) is 1.15. The van der Waals surface area contributed by atoms with Crippen LogP contribution in [-0.4, -0.2) is 19.5 Å². The average Bonchev–Trinajstić information content (AvgIpc) is 2.15. The first-order valence-corrected chi connectivity index (χ1v) is 5.26. The molecule has 0 heterocycles. The second-order valence-electron chi connectivity index (χ2n) is 2.81. The largest absolute Gasteiger partial charge is 0.481 e. The van der Waals surface area contributed by atoms with Crippen molar-refractivity contribution in [1.82, 2.24) is 0 Å². The molecule has 0 radical (unpaired) electrons. The molecule has 1 atom stereocenters. The summed E-state index contributed by atoms with van der Waals surface area (Å²) in [5.41, 5.74) is 0.519. The van der Waals surface area contributed by atoms with Crippen LogP contribution in [0.25, 0.3) is 0 Å². The number of carbonyl (C=O) groups is 1. The maximum absolute atomic E-state index is 10.8. The Labute approximate surface area is 83.1 Å². The van der Waals surface area contributed by atoms with Gasteiger partial charge in [0.2, 0.25) is 0 Å². The number of hydrogen-bond donors (Lipinski definition) is 2. The summed E-state index contributed by atoms with van der Waals surface area (Å²) in [6.07, 6.45) is -0.386. The normalized spacial score (nSPS) is 12.6. The summed E-state index contributed by atoms with van der Waals surface area (Å²) in [5, 5.41) is 7.60. The minimum absolute atomic E-state index is 0.386. The van der Waals surface area contributed by atoms with Crippen LogP contribution in [0.4, 0.5) is 0 Å². The van der Waals surface area contributed by atoms with Gasteiger partial charge in [-0.2, -0.15) is 0 Å². The predicted molar refractivity (Wildman–Crippen MR) is 51.8 cm³/mol. The molecule has 1 aromatic carbocycles. The number of benzene rings is 1. The Morgan fingerprint density at radius 1 is 1.29 bits per heavy atom. The van der Waals surface area contributed by atoms with Crippen LogP contribution in [0, 0.1) is 0 Å². The summed E-state index contributed by atoms with van der Waals surface area (Å²) >= 11 is 0. The zero-order chi connectivity index (χ0) is 10.6. The summed E-state index contributed by atoms with van der Waals surface area (Å²) in [5.74, 6) is -1.11. The van der Waals surface area contributed by atoms with E-state index in [1.807, 2.05) is 0 Å². The second kappa shape index (κ2) is 4.76. The van der Waals surface area contributed by atoms with Gasteiger partial charge in [-0.3, -0.25) is 4.79 Å². The number of thiol groups is 1. The van der Waals surface area contributed by atoms with Gasteiger partial charge in [0.25, 0.3) is 0 Å². The van der Waals surface area contributed by atoms with Crippen LogP contribution in [0.5, 0.6) is 0 Å². The van der Waals surface area contributed by atoms with Crippen molar-refractivity contribution in [2.24, 2.45) is 0 Å². The highest BCUT2D eigenvalue weighted by molar-refractivity contribution is 7.72. The molecule has 0 aliphatic heterocycles. The monoisotopic (exact) mass is 214 g/mol. The third kappa shape index (κ3) is 2.85. The molecule has 0 saturated heterocycles. The lowest BCUT2D eigenvalue weighted by Gasteiger charge is -2.06. The van der Waals surface area contributed by atoms with E-state index < -0.39 is 21.9 Å². The molecular weight excluding hydrogens is 204 g/mol. The Morgan fingerprint density at radius 2 is 1.86 bits per heavy atom. The molecular formula is C9H10O4S. The van der Waals surface area contributed by atoms with Crippen molar-refractivity contribution in [3.63, 3.8) is 0 Å². The third-order valence-electron chi connectivity index (χ3n) is 1.81. The van der Waals surface area contributed by atoms with Crippen LogP contribution >= 0.6 is 0 Å². The summed E-state index contributed by atoms with van der Waals surface area (Å²) in [6, 6.07) is 8.34. The second-order valence-corrected chi connectivity index (χ2v) is 4.00. The van der Waals surface area contributed by atoms with Gasteiger partial charge in [-0.25, -0.2) is 8.42 Å². The highest BCUT2D eigenvalue weighted by Crippen LogP contribution is 2.19. The molecule has 76 valence electrons. The number of rotatable bonds is 4. The first-order chi connectivity index (χ1) is 6.61. The van der Waals surface area contributed by atoms with Crippen LogP contribution in [0.3, 0.4) is 0 Å². The van der Waals surface area contributed by atoms with Crippen molar-refractivity contribution < 1.29 is 18.3 Å². The Balaban J connectivity index is 2.95. The van der Waals surface area contributed by atoms with Crippen molar-refractivity contribution in [3.05, 3.63) is 35.9 Å². The van der Waals surface area contributed by atoms with Gasteiger partial charge in [-0.05, 0) is 5.56 Å². The van der Waals surface area contributed by atoms with Gasteiger partial charge in [0.1, 0.15) is 10.7 Å². The van der Waals surface area contributed by atoms with E-state index in [2.05, 4.69) is 0 Å². The van der Waals surface area contributed by atoms with Gasteiger partial charge < -0.3 is 5.11 Å². The topological polar surface area (TPSA) is 71.4 Å². The Morgan fingerprint density at radius 3 is 2.29 bits per heavy atom. The molecule has 0 saturated carbocycles. The number of carboxylic acids is 1. The SMILES string of the molecule is O=C(O)CC(c1ccccc1)[SH](=O)=O. The van der Waals surface area contributed by atoms with Crippen molar-refractivity contribution >= 4 is 16.7 Å². The van der Waals surface area contributed by atoms with E-state index in [0.29, 0.717) is 5.56 Å². The number of hydrogen-bond acceptors (Lipinski definition) is 3. The summed E-state index contributed by atoms with van der Waals surface area (Å²) in [4.78, 5) is 10.4. The maximum Gasteiger partial charge on any atom is 0.305 e. The van der Waals surface area contributed by atoms with Gasteiger partial charge in [-0.1, -0.05) is 30.3 Å². The van der Waals surface area contributed by atoms with Gasteiger partial charge in [0, 0.05) is 0 Å². The predicted octanol–water partition coefficient (Wildman–Crippen LogP) is 0.814.